The summed E-state index contributed by atoms with van der Waals surface area (Å²) in [5, 5.41) is 0. The summed E-state index contributed by atoms with van der Waals surface area (Å²) in [7, 11) is 0. The fraction of sp³-hybridized carbons (Fsp3) is 0.500. The topological polar surface area (TPSA) is 35.5 Å². The lowest BCUT2D eigenvalue weighted by atomic mass is 10.1. The van der Waals surface area contributed by atoms with Crippen molar-refractivity contribution in [2.75, 3.05) is 13.2 Å². The summed E-state index contributed by atoms with van der Waals surface area (Å²) in [6.45, 7) is 5.09. The molecule has 1 heterocycles. The molecule has 3 heteroatoms. The Bertz CT molecular complexity index is 377. The van der Waals surface area contributed by atoms with Gasteiger partial charge >= 0.3 is 0 Å². The third-order valence-electron chi connectivity index (χ3n) is 3.07. The summed E-state index contributed by atoms with van der Waals surface area (Å²) in [6, 6.07) is 7.61. The van der Waals surface area contributed by atoms with E-state index < -0.39 is 0 Å². The summed E-state index contributed by atoms with van der Waals surface area (Å²) >= 11 is 0. The Labute approximate surface area is 102 Å². The van der Waals surface area contributed by atoms with Crippen molar-refractivity contribution in [3.05, 3.63) is 35.4 Å². The fourth-order valence-electron chi connectivity index (χ4n) is 1.98. The van der Waals surface area contributed by atoms with Gasteiger partial charge in [-0.05, 0) is 25.8 Å². The lowest BCUT2D eigenvalue weighted by Gasteiger charge is -2.17. The van der Waals surface area contributed by atoms with Gasteiger partial charge in [0.2, 0.25) is 0 Å². The summed E-state index contributed by atoms with van der Waals surface area (Å²) in [5.41, 5.74) is 1.84. The number of rotatable bonds is 4. The van der Waals surface area contributed by atoms with Gasteiger partial charge in [0, 0.05) is 12.2 Å². The summed E-state index contributed by atoms with van der Waals surface area (Å²) in [6.07, 6.45) is 1.22. The third-order valence-corrected chi connectivity index (χ3v) is 3.07. The zero-order valence-electron chi connectivity index (χ0n) is 10.3. The van der Waals surface area contributed by atoms with Gasteiger partial charge in [-0.25, -0.2) is 0 Å². The minimum atomic E-state index is 0.0442. The van der Waals surface area contributed by atoms with Crippen molar-refractivity contribution in [2.24, 2.45) is 0 Å². The molecule has 0 bridgehead atoms. The molecule has 1 saturated heterocycles. The Balaban J connectivity index is 1.98. The van der Waals surface area contributed by atoms with Crippen LogP contribution in [-0.4, -0.2) is 25.1 Å². The van der Waals surface area contributed by atoms with Crippen molar-refractivity contribution >= 4 is 5.78 Å². The summed E-state index contributed by atoms with van der Waals surface area (Å²) in [5.74, 6) is 0.0920. The first kappa shape index (κ1) is 12.3. The average molecular weight is 234 g/mol. The second kappa shape index (κ2) is 5.43. The smallest absolute Gasteiger partial charge is 0.159 e. The molecule has 0 spiro atoms. The Kier molecular flexibility index (Phi) is 3.92. The molecular weight excluding hydrogens is 216 g/mol. The fourth-order valence-corrected chi connectivity index (χ4v) is 1.98. The molecule has 1 aliphatic heterocycles. The number of benzene rings is 1. The van der Waals surface area contributed by atoms with Gasteiger partial charge in [-0.1, -0.05) is 24.3 Å². The first-order valence-electron chi connectivity index (χ1n) is 6.01. The van der Waals surface area contributed by atoms with Crippen LogP contribution in [0.4, 0.5) is 0 Å². The Morgan fingerprint density at radius 3 is 2.65 bits per heavy atom. The molecule has 17 heavy (non-hydrogen) atoms. The largest absolute Gasteiger partial charge is 0.379 e. The van der Waals surface area contributed by atoms with Crippen molar-refractivity contribution in [1.82, 2.24) is 0 Å². The minimum Gasteiger partial charge on any atom is -0.379 e. The average Bonchev–Trinajstić information content (AvgIpc) is 2.82. The van der Waals surface area contributed by atoms with Crippen LogP contribution in [0.25, 0.3) is 0 Å². The second-order valence-electron chi connectivity index (χ2n) is 4.44. The van der Waals surface area contributed by atoms with E-state index in [2.05, 4.69) is 0 Å². The maximum Gasteiger partial charge on any atom is 0.159 e. The Hall–Kier alpha value is -1.19. The molecule has 0 N–H and O–H groups in total. The predicted molar refractivity (Wildman–Crippen MR) is 65.2 cm³/mol. The van der Waals surface area contributed by atoms with Crippen LogP contribution in [0.1, 0.15) is 42.3 Å². The van der Waals surface area contributed by atoms with Crippen LogP contribution in [0, 0.1) is 0 Å². The third kappa shape index (κ3) is 3.14. The molecule has 1 aromatic carbocycles. The number of carbonyl (C=O) groups is 1. The molecule has 0 amide bonds. The minimum absolute atomic E-state index is 0.0442. The van der Waals surface area contributed by atoms with Crippen molar-refractivity contribution in [3.63, 3.8) is 0 Å². The molecule has 0 radical (unpaired) electrons. The molecule has 1 aromatic rings. The molecule has 2 rings (SSSR count). The van der Waals surface area contributed by atoms with Crippen molar-refractivity contribution in [1.29, 1.82) is 0 Å². The van der Waals surface area contributed by atoms with Crippen LogP contribution in [0.2, 0.25) is 0 Å². The normalized spacial score (nSPS) is 21.4. The van der Waals surface area contributed by atoms with Gasteiger partial charge in [0.15, 0.2) is 5.78 Å². The number of Topliss-reactive ketones (excluding diaryl/α,β-unsaturated/α-hetero) is 1. The highest BCUT2D eigenvalue weighted by Gasteiger charge is 2.19. The monoisotopic (exact) mass is 234 g/mol. The molecule has 3 nitrogen and oxygen atoms in total. The van der Waals surface area contributed by atoms with Gasteiger partial charge in [-0.15, -0.1) is 0 Å². The zero-order valence-corrected chi connectivity index (χ0v) is 10.3. The number of ether oxygens (including phenoxy) is 2. The van der Waals surface area contributed by atoms with Crippen LogP contribution in [0.3, 0.4) is 0 Å². The first-order chi connectivity index (χ1) is 8.16. The highest BCUT2D eigenvalue weighted by atomic mass is 16.5. The van der Waals surface area contributed by atoms with Crippen LogP contribution in [0.5, 0.6) is 0 Å². The van der Waals surface area contributed by atoms with Crippen LogP contribution < -0.4 is 0 Å². The Morgan fingerprint density at radius 2 is 2.12 bits per heavy atom. The van der Waals surface area contributed by atoms with E-state index in [0.29, 0.717) is 6.61 Å². The van der Waals surface area contributed by atoms with Crippen LogP contribution in [-0.2, 0) is 9.47 Å². The van der Waals surface area contributed by atoms with E-state index in [1.165, 1.54) is 0 Å². The zero-order chi connectivity index (χ0) is 12.3. The van der Waals surface area contributed by atoms with E-state index in [9.17, 15) is 4.79 Å². The van der Waals surface area contributed by atoms with Crippen LogP contribution >= 0.6 is 0 Å². The van der Waals surface area contributed by atoms with E-state index in [1.54, 1.807) is 6.92 Å². The summed E-state index contributed by atoms with van der Waals surface area (Å²) in [4.78, 5) is 11.2. The van der Waals surface area contributed by atoms with Gasteiger partial charge < -0.3 is 9.47 Å². The maximum absolute atomic E-state index is 11.2. The molecule has 2 atom stereocenters. The van der Waals surface area contributed by atoms with Gasteiger partial charge in [0.1, 0.15) is 0 Å². The molecule has 0 saturated carbocycles. The summed E-state index contributed by atoms with van der Waals surface area (Å²) < 4.78 is 11.2. The molecule has 0 aliphatic carbocycles. The van der Waals surface area contributed by atoms with Gasteiger partial charge in [-0.2, -0.15) is 0 Å². The Morgan fingerprint density at radius 1 is 1.41 bits per heavy atom. The SMILES string of the molecule is CC(=O)c1ccc(C(C)OC2CCOC2)cc1. The van der Waals surface area contributed by atoms with Crippen molar-refractivity contribution in [3.8, 4) is 0 Å². The number of ketones is 1. The molecule has 1 aliphatic rings. The molecule has 0 aromatic heterocycles. The van der Waals surface area contributed by atoms with E-state index >= 15 is 0 Å². The van der Waals surface area contributed by atoms with Gasteiger partial charge in [-0.3, -0.25) is 4.79 Å². The van der Waals surface area contributed by atoms with Gasteiger partial charge in [0.25, 0.3) is 0 Å². The second-order valence-corrected chi connectivity index (χ2v) is 4.44. The predicted octanol–water partition coefficient (Wildman–Crippen LogP) is 2.76. The quantitative estimate of drug-likeness (QED) is 0.751. The van der Waals surface area contributed by atoms with Crippen molar-refractivity contribution in [2.45, 2.75) is 32.5 Å². The lowest BCUT2D eigenvalue weighted by Crippen LogP contribution is -2.15. The number of carbonyl (C=O) groups excluding carboxylic acids is 1. The lowest BCUT2D eigenvalue weighted by molar-refractivity contribution is -0.00767. The first-order valence-corrected chi connectivity index (χ1v) is 6.01. The van der Waals surface area contributed by atoms with E-state index in [4.69, 9.17) is 9.47 Å². The standard InChI is InChI=1S/C14H18O3/c1-10(15)12-3-5-13(6-4-12)11(2)17-14-7-8-16-9-14/h3-6,11,14H,7-9H2,1-2H3. The number of hydrogen-bond acceptors (Lipinski definition) is 3. The molecule has 92 valence electrons. The van der Waals surface area contributed by atoms with Gasteiger partial charge in [0.05, 0.1) is 18.8 Å². The highest BCUT2D eigenvalue weighted by molar-refractivity contribution is 5.94. The highest BCUT2D eigenvalue weighted by Crippen LogP contribution is 2.22. The van der Waals surface area contributed by atoms with Crippen molar-refractivity contribution < 1.29 is 14.3 Å². The van der Waals surface area contributed by atoms with E-state index in [1.807, 2.05) is 31.2 Å². The molecular formula is C14H18O3. The molecule has 1 fully saturated rings. The van der Waals surface area contributed by atoms with E-state index in [-0.39, 0.29) is 18.0 Å². The maximum atomic E-state index is 11.2. The molecule has 2 unspecified atom stereocenters. The van der Waals surface area contributed by atoms with E-state index in [0.717, 1.165) is 24.2 Å². The van der Waals surface area contributed by atoms with Crippen LogP contribution in [0.15, 0.2) is 24.3 Å². The number of hydrogen-bond donors (Lipinski definition) is 0.